The molecular weight excluding hydrogens is 188 g/mol. The van der Waals surface area contributed by atoms with Crippen LogP contribution in [0.1, 0.15) is 22.8 Å². The minimum Gasteiger partial charge on any atom is -0.330 e. The van der Waals surface area contributed by atoms with Crippen LogP contribution in [0.15, 0.2) is 0 Å². The molecule has 4 heteroatoms. The van der Waals surface area contributed by atoms with E-state index in [0.29, 0.717) is 6.54 Å². The van der Waals surface area contributed by atoms with Crippen LogP contribution in [0, 0.1) is 6.92 Å². The van der Waals surface area contributed by atoms with Crippen LogP contribution < -0.4 is 11.1 Å². The number of rotatable bonds is 2. The number of nitrogens with zero attached hydrogens (tertiary/aromatic N) is 2. The molecule has 1 aromatic heterocycles. The van der Waals surface area contributed by atoms with E-state index < -0.39 is 0 Å². The first-order chi connectivity index (χ1) is 7.31. The summed E-state index contributed by atoms with van der Waals surface area (Å²) in [4.78, 5) is 9.02. The van der Waals surface area contributed by atoms with Crippen LogP contribution in [-0.4, -0.2) is 29.6 Å². The topological polar surface area (TPSA) is 63.8 Å². The van der Waals surface area contributed by atoms with Gasteiger partial charge in [0.15, 0.2) is 0 Å². The molecule has 15 heavy (non-hydrogen) atoms. The molecule has 2 rings (SSSR count). The monoisotopic (exact) mass is 206 g/mol. The van der Waals surface area contributed by atoms with Gasteiger partial charge in [0.2, 0.25) is 0 Å². The smallest absolute Gasteiger partial charge is 0.125 e. The van der Waals surface area contributed by atoms with Crippen LogP contribution in [0.5, 0.6) is 0 Å². The fourth-order valence-electron chi connectivity index (χ4n) is 2.10. The highest BCUT2D eigenvalue weighted by Gasteiger charge is 2.14. The maximum Gasteiger partial charge on any atom is 0.125 e. The van der Waals surface area contributed by atoms with Crippen LogP contribution >= 0.6 is 0 Å². The Labute approximate surface area is 90.3 Å². The molecule has 82 valence electrons. The molecule has 0 fully saturated rings. The highest BCUT2D eigenvalue weighted by molar-refractivity contribution is 5.28. The Bertz CT molecular complexity index is 349. The van der Waals surface area contributed by atoms with Crippen LogP contribution in [0.25, 0.3) is 0 Å². The quantitative estimate of drug-likeness (QED) is 0.713. The lowest BCUT2D eigenvalue weighted by Gasteiger charge is -2.10. The van der Waals surface area contributed by atoms with Crippen molar-refractivity contribution in [3.8, 4) is 0 Å². The van der Waals surface area contributed by atoms with E-state index in [1.54, 1.807) is 0 Å². The maximum absolute atomic E-state index is 5.61. The van der Waals surface area contributed by atoms with Crippen LogP contribution in [0.2, 0.25) is 0 Å². The van der Waals surface area contributed by atoms with Gasteiger partial charge in [0.25, 0.3) is 0 Å². The lowest BCUT2D eigenvalue weighted by Crippen LogP contribution is -2.16. The molecule has 2 heterocycles. The molecule has 0 spiro atoms. The summed E-state index contributed by atoms with van der Waals surface area (Å²) in [5.41, 5.74) is 9.31. The van der Waals surface area contributed by atoms with Gasteiger partial charge in [0, 0.05) is 30.8 Å². The summed E-state index contributed by atoms with van der Waals surface area (Å²) in [5, 5.41) is 3.38. The number of fused-ring (bicyclic) bond motifs is 1. The predicted molar refractivity (Wildman–Crippen MR) is 59.8 cm³/mol. The van der Waals surface area contributed by atoms with Gasteiger partial charge in [0.1, 0.15) is 5.82 Å². The highest BCUT2D eigenvalue weighted by Crippen LogP contribution is 2.15. The number of nitrogens with one attached hydrogen (secondary N) is 1. The second kappa shape index (κ2) is 4.68. The molecule has 3 N–H and O–H groups in total. The van der Waals surface area contributed by atoms with Gasteiger partial charge >= 0.3 is 0 Å². The standard InChI is InChI=1S/C11H18N4/c1-8-14-10(2-5-12)9-3-6-13-7-4-11(9)15-8/h13H,2-7,12H2,1H3. The predicted octanol–water partition coefficient (Wildman–Crippen LogP) is -0.0256. The second-order valence-corrected chi connectivity index (χ2v) is 3.93. The van der Waals surface area contributed by atoms with Crippen molar-refractivity contribution in [3.05, 3.63) is 22.8 Å². The van der Waals surface area contributed by atoms with E-state index in [1.807, 2.05) is 6.92 Å². The molecule has 0 unspecified atom stereocenters. The summed E-state index contributed by atoms with van der Waals surface area (Å²) in [6, 6.07) is 0. The normalized spacial score (nSPS) is 15.9. The zero-order valence-electron chi connectivity index (χ0n) is 9.21. The number of hydrogen-bond acceptors (Lipinski definition) is 4. The Morgan fingerprint density at radius 1 is 1.27 bits per heavy atom. The summed E-state index contributed by atoms with van der Waals surface area (Å²) in [7, 11) is 0. The number of aromatic nitrogens is 2. The van der Waals surface area contributed by atoms with E-state index in [-0.39, 0.29) is 0 Å². The molecule has 0 amide bonds. The Kier molecular flexibility index (Phi) is 3.28. The Morgan fingerprint density at radius 2 is 2.07 bits per heavy atom. The highest BCUT2D eigenvalue weighted by atomic mass is 14.9. The van der Waals surface area contributed by atoms with Gasteiger partial charge < -0.3 is 11.1 Å². The van der Waals surface area contributed by atoms with E-state index in [0.717, 1.165) is 43.9 Å². The largest absolute Gasteiger partial charge is 0.330 e. The second-order valence-electron chi connectivity index (χ2n) is 3.93. The van der Waals surface area contributed by atoms with Crippen LogP contribution in [0.4, 0.5) is 0 Å². The van der Waals surface area contributed by atoms with Gasteiger partial charge in [-0.15, -0.1) is 0 Å². The average molecular weight is 206 g/mol. The molecule has 0 aromatic carbocycles. The minimum atomic E-state index is 0.663. The molecule has 0 radical (unpaired) electrons. The number of hydrogen-bond donors (Lipinski definition) is 2. The summed E-state index contributed by atoms with van der Waals surface area (Å²) in [6.07, 6.45) is 2.91. The molecular formula is C11H18N4. The molecule has 1 aliphatic rings. The van der Waals surface area contributed by atoms with Gasteiger partial charge in [-0.2, -0.15) is 0 Å². The van der Waals surface area contributed by atoms with E-state index in [4.69, 9.17) is 5.73 Å². The zero-order valence-corrected chi connectivity index (χ0v) is 9.21. The average Bonchev–Trinajstić information content (AvgIpc) is 2.43. The summed E-state index contributed by atoms with van der Waals surface area (Å²) in [6.45, 7) is 4.66. The molecule has 0 bridgehead atoms. The van der Waals surface area contributed by atoms with E-state index >= 15 is 0 Å². The zero-order chi connectivity index (χ0) is 10.7. The molecule has 0 aliphatic carbocycles. The van der Waals surface area contributed by atoms with Crippen molar-refractivity contribution in [3.63, 3.8) is 0 Å². The van der Waals surface area contributed by atoms with Gasteiger partial charge in [0.05, 0.1) is 0 Å². The van der Waals surface area contributed by atoms with Gasteiger partial charge in [-0.25, -0.2) is 9.97 Å². The summed E-state index contributed by atoms with van der Waals surface area (Å²) < 4.78 is 0. The third-order valence-corrected chi connectivity index (χ3v) is 2.76. The van der Waals surface area contributed by atoms with Crippen molar-refractivity contribution in [2.45, 2.75) is 26.2 Å². The number of nitrogens with two attached hydrogens (primary N) is 1. The van der Waals surface area contributed by atoms with Crippen molar-refractivity contribution >= 4 is 0 Å². The third-order valence-electron chi connectivity index (χ3n) is 2.76. The van der Waals surface area contributed by atoms with Gasteiger partial charge in [-0.05, 0) is 32.0 Å². The van der Waals surface area contributed by atoms with Crippen molar-refractivity contribution in [2.75, 3.05) is 19.6 Å². The van der Waals surface area contributed by atoms with Crippen LogP contribution in [-0.2, 0) is 19.3 Å². The van der Waals surface area contributed by atoms with Crippen molar-refractivity contribution in [2.24, 2.45) is 5.73 Å². The molecule has 0 atom stereocenters. The molecule has 1 aromatic rings. The first-order valence-electron chi connectivity index (χ1n) is 5.57. The van der Waals surface area contributed by atoms with Gasteiger partial charge in [-0.3, -0.25) is 0 Å². The SMILES string of the molecule is Cc1nc(CCN)c2c(n1)CCNCC2. The molecule has 4 nitrogen and oxygen atoms in total. The Morgan fingerprint density at radius 3 is 2.87 bits per heavy atom. The Hall–Kier alpha value is -1.00. The Balaban J connectivity index is 2.40. The summed E-state index contributed by atoms with van der Waals surface area (Å²) in [5.74, 6) is 0.874. The fourth-order valence-corrected chi connectivity index (χ4v) is 2.10. The first kappa shape index (κ1) is 10.5. The van der Waals surface area contributed by atoms with Gasteiger partial charge in [-0.1, -0.05) is 0 Å². The summed E-state index contributed by atoms with van der Waals surface area (Å²) >= 11 is 0. The van der Waals surface area contributed by atoms with Crippen molar-refractivity contribution in [1.29, 1.82) is 0 Å². The molecule has 1 aliphatic heterocycles. The van der Waals surface area contributed by atoms with Crippen LogP contribution in [0.3, 0.4) is 0 Å². The first-order valence-corrected chi connectivity index (χ1v) is 5.57. The fraction of sp³-hybridized carbons (Fsp3) is 0.636. The third kappa shape index (κ3) is 2.33. The maximum atomic E-state index is 5.61. The molecule has 0 saturated heterocycles. The van der Waals surface area contributed by atoms with E-state index in [2.05, 4.69) is 15.3 Å². The lowest BCUT2D eigenvalue weighted by atomic mass is 10.0. The number of aryl methyl sites for hydroxylation is 1. The minimum absolute atomic E-state index is 0.663. The molecule has 0 saturated carbocycles. The van der Waals surface area contributed by atoms with E-state index in [9.17, 15) is 0 Å². The van der Waals surface area contributed by atoms with Crippen molar-refractivity contribution in [1.82, 2.24) is 15.3 Å². The lowest BCUT2D eigenvalue weighted by molar-refractivity contribution is 0.707. The van der Waals surface area contributed by atoms with E-state index in [1.165, 1.54) is 11.3 Å². The van der Waals surface area contributed by atoms with Crippen molar-refractivity contribution < 1.29 is 0 Å².